The molecule has 1 amide bonds. The van der Waals surface area contributed by atoms with Gasteiger partial charge in [0, 0.05) is 12.2 Å². The number of hydrogen-bond acceptors (Lipinski definition) is 5. The third kappa shape index (κ3) is 3.76. The number of thioether (sulfide) groups is 1. The SMILES string of the molecule is C[C@@H](Sc1nnc(-c2ccc(F)cc2)n1C[C@@H]1CCCO1)C(N)=O. The summed E-state index contributed by atoms with van der Waals surface area (Å²) in [6.07, 6.45) is 2.08. The molecule has 2 atom stereocenters. The van der Waals surface area contributed by atoms with Gasteiger partial charge < -0.3 is 10.5 Å². The van der Waals surface area contributed by atoms with Crippen molar-refractivity contribution in [2.45, 2.75) is 42.8 Å². The number of ether oxygens (including phenoxy) is 1. The number of halogens is 1. The molecule has 0 spiro atoms. The molecule has 1 fully saturated rings. The van der Waals surface area contributed by atoms with E-state index in [9.17, 15) is 9.18 Å². The molecule has 1 aromatic carbocycles. The molecule has 2 heterocycles. The number of rotatable bonds is 6. The second-order valence-electron chi connectivity index (χ2n) is 5.72. The van der Waals surface area contributed by atoms with Crippen molar-refractivity contribution in [2.24, 2.45) is 5.73 Å². The summed E-state index contributed by atoms with van der Waals surface area (Å²) in [5.41, 5.74) is 6.11. The third-order valence-corrected chi connectivity index (χ3v) is 5.01. The monoisotopic (exact) mass is 350 g/mol. The van der Waals surface area contributed by atoms with E-state index in [0.29, 0.717) is 17.5 Å². The van der Waals surface area contributed by atoms with E-state index in [1.54, 1.807) is 19.1 Å². The fourth-order valence-electron chi connectivity index (χ4n) is 2.56. The molecule has 1 saturated heterocycles. The van der Waals surface area contributed by atoms with Crippen LogP contribution >= 0.6 is 11.8 Å². The summed E-state index contributed by atoms with van der Waals surface area (Å²) in [7, 11) is 0. The minimum Gasteiger partial charge on any atom is -0.376 e. The van der Waals surface area contributed by atoms with Gasteiger partial charge in [0.1, 0.15) is 5.82 Å². The maximum atomic E-state index is 13.2. The lowest BCUT2D eigenvalue weighted by atomic mass is 10.2. The highest BCUT2D eigenvalue weighted by Gasteiger charge is 2.23. The van der Waals surface area contributed by atoms with Gasteiger partial charge in [0.05, 0.1) is 17.9 Å². The third-order valence-electron chi connectivity index (χ3n) is 3.91. The molecule has 0 unspecified atom stereocenters. The Labute approximate surface area is 143 Å². The number of nitrogens with two attached hydrogens (primary N) is 1. The molecule has 0 aliphatic carbocycles. The molecular weight excluding hydrogens is 331 g/mol. The van der Waals surface area contributed by atoms with Crippen molar-refractivity contribution < 1.29 is 13.9 Å². The number of hydrogen-bond donors (Lipinski definition) is 1. The van der Waals surface area contributed by atoms with Gasteiger partial charge in [0.15, 0.2) is 11.0 Å². The van der Waals surface area contributed by atoms with Crippen LogP contribution in [0.2, 0.25) is 0 Å². The molecule has 0 saturated carbocycles. The molecule has 6 nitrogen and oxygen atoms in total. The molecule has 24 heavy (non-hydrogen) atoms. The number of carbonyl (C=O) groups excluding carboxylic acids is 1. The zero-order valence-electron chi connectivity index (χ0n) is 13.3. The Bertz CT molecular complexity index is 713. The Kier molecular flexibility index (Phi) is 5.15. The van der Waals surface area contributed by atoms with Crippen molar-refractivity contribution in [1.29, 1.82) is 0 Å². The van der Waals surface area contributed by atoms with Crippen LogP contribution in [-0.2, 0) is 16.1 Å². The fourth-order valence-corrected chi connectivity index (χ4v) is 3.37. The van der Waals surface area contributed by atoms with E-state index in [0.717, 1.165) is 25.0 Å². The van der Waals surface area contributed by atoms with E-state index in [1.807, 2.05) is 4.57 Å². The predicted octanol–water partition coefficient (Wildman–Crippen LogP) is 2.23. The summed E-state index contributed by atoms with van der Waals surface area (Å²) in [4.78, 5) is 11.4. The first-order chi connectivity index (χ1) is 11.5. The molecule has 1 aliphatic heterocycles. The summed E-state index contributed by atoms with van der Waals surface area (Å²) in [5.74, 6) is -0.0828. The van der Waals surface area contributed by atoms with Gasteiger partial charge in [0.25, 0.3) is 0 Å². The molecule has 8 heteroatoms. The zero-order valence-corrected chi connectivity index (χ0v) is 14.1. The molecule has 1 aliphatic rings. The van der Waals surface area contributed by atoms with E-state index >= 15 is 0 Å². The second-order valence-corrected chi connectivity index (χ2v) is 7.03. The van der Waals surface area contributed by atoms with Crippen LogP contribution in [0, 0.1) is 5.82 Å². The van der Waals surface area contributed by atoms with E-state index in [4.69, 9.17) is 10.5 Å². The van der Waals surface area contributed by atoms with Gasteiger partial charge in [-0.15, -0.1) is 10.2 Å². The lowest BCUT2D eigenvalue weighted by molar-refractivity contribution is -0.117. The normalized spacial score (nSPS) is 18.7. The van der Waals surface area contributed by atoms with Crippen LogP contribution in [0.4, 0.5) is 4.39 Å². The zero-order chi connectivity index (χ0) is 17.1. The van der Waals surface area contributed by atoms with Crippen molar-refractivity contribution in [1.82, 2.24) is 14.8 Å². The average molecular weight is 350 g/mol. The van der Waals surface area contributed by atoms with Gasteiger partial charge in [0.2, 0.25) is 5.91 Å². The van der Waals surface area contributed by atoms with Gasteiger partial charge in [-0.1, -0.05) is 11.8 Å². The highest BCUT2D eigenvalue weighted by molar-refractivity contribution is 8.00. The van der Waals surface area contributed by atoms with Crippen LogP contribution in [0.1, 0.15) is 19.8 Å². The molecule has 3 rings (SSSR count). The first kappa shape index (κ1) is 16.9. The molecule has 0 radical (unpaired) electrons. The topological polar surface area (TPSA) is 83.0 Å². The molecule has 1 aromatic heterocycles. The first-order valence-electron chi connectivity index (χ1n) is 7.81. The Hall–Kier alpha value is -1.93. The van der Waals surface area contributed by atoms with E-state index < -0.39 is 11.2 Å². The summed E-state index contributed by atoms with van der Waals surface area (Å²) < 4.78 is 20.8. The summed E-state index contributed by atoms with van der Waals surface area (Å²) >= 11 is 1.27. The van der Waals surface area contributed by atoms with Crippen LogP contribution < -0.4 is 5.73 Å². The molecule has 128 valence electrons. The van der Waals surface area contributed by atoms with E-state index in [1.165, 1.54) is 23.9 Å². The number of amides is 1. The van der Waals surface area contributed by atoms with E-state index in [-0.39, 0.29) is 11.9 Å². The number of primary amides is 1. The van der Waals surface area contributed by atoms with Gasteiger partial charge in [-0.2, -0.15) is 0 Å². The van der Waals surface area contributed by atoms with Gasteiger partial charge in [-0.3, -0.25) is 9.36 Å². The van der Waals surface area contributed by atoms with Crippen LogP contribution in [0.15, 0.2) is 29.4 Å². The van der Waals surface area contributed by atoms with Crippen LogP contribution in [-0.4, -0.2) is 38.6 Å². The van der Waals surface area contributed by atoms with Crippen molar-refractivity contribution in [2.75, 3.05) is 6.61 Å². The molecule has 2 aromatic rings. The van der Waals surface area contributed by atoms with Gasteiger partial charge >= 0.3 is 0 Å². The standard InChI is InChI=1S/C16H19FN4O2S/c1-10(14(18)22)24-16-20-19-15(11-4-6-12(17)7-5-11)21(16)9-13-3-2-8-23-13/h4-7,10,13H,2-3,8-9H2,1H3,(H2,18,22)/t10-,13+/m1/s1. The largest absolute Gasteiger partial charge is 0.376 e. The smallest absolute Gasteiger partial charge is 0.230 e. The van der Waals surface area contributed by atoms with Gasteiger partial charge in [-0.05, 0) is 44.0 Å². The van der Waals surface area contributed by atoms with Crippen molar-refractivity contribution in [3.8, 4) is 11.4 Å². The number of nitrogens with zero attached hydrogens (tertiary/aromatic N) is 3. The summed E-state index contributed by atoms with van der Waals surface area (Å²) in [6, 6.07) is 6.10. The van der Waals surface area contributed by atoms with Crippen molar-refractivity contribution >= 4 is 17.7 Å². The Morgan fingerprint density at radius 2 is 2.21 bits per heavy atom. The highest BCUT2D eigenvalue weighted by atomic mass is 32.2. The van der Waals surface area contributed by atoms with Crippen molar-refractivity contribution in [3.63, 3.8) is 0 Å². The molecule has 2 N–H and O–H groups in total. The summed E-state index contributed by atoms with van der Waals surface area (Å²) in [6.45, 7) is 3.07. The first-order valence-corrected chi connectivity index (χ1v) is 8.69. The van der Waals surface area contributed by atoms with E-state index in [2.05, 4.69) is 10.2 Å². The quantitative estimate of drug-likeness (QED) is 0.808. The second kappa shape index (κ2) is 7.31. The van der Waals surface area contributed by atoms with Crippen LogP contribution in [0.3, 0.4) is 0 Å². The van der Waals surface area contributed by atoms with Gasteiger partial charge in [-0.25, -0.2) is 4.39 Å². The highest BCUT2D eigenvalue weighted by Crippen LogP contribution is 2.28. The minimum atomic E-state index is -0.418. The summed E-state index contributed by atoms with van der Waals surface area (Å²) in [5, 5.41) is 8.62. The van der Waals surface area contributed by atoms with Crippen LogP contribution in [0.25, 0.3) is 11.4 Å². The average Bonchev–Trinajstić information content (AvgIpc) is 3.19. The number of carbonyl (C=O) groups is 1. The minimum absolute atomic E-state index is 0.0865. The maximum absolute atomic E-state index is 13.2. The maximum Gasteiger partial charge on any atom is 0.230 e. The molecule has 0 bridgehead atoms. The fraction of sp³-hybridized carbons (Fsp3) is 0.438. The number of aromatic nitrogens is 3. The van der Waals surface area contributed by atoms with Crippen LogP contribution in [0.5, 0.6) is 0 Å². The van der Waals surface area contributed by atoms with Crippen molar-refractivity contribution in [3.05, 3.63) is 30.1 Å². The Balaban J connectivity index is 1.93. The molecular formula is C16H19FN4O2S. The lowest BCUT2D eigenvalue weighted by Gasteiger charge is -2.15. The Morgan fingerprint density at radius 3 is 2.83 bits per heavy atom. The lowest BCUT2D eigenvalue weighted by Crippen LogP contribution is -2.23. The Morgan fingerprint density at radius 1 is 1.46 bits per heavy atom. The predicted molar refractivity (Wildman–Crippen MR) is 88.9 cm³/mol. The number of benzene rings is 1.